The number of amidine groups is 1. The highest BCUT2D eigenvalue weighted by molar-refractivity contribution is 7.80. The quantitative estimate of drug-likeness (QED) is 0.527. The molecule has 1 aliphatic rings. The number of fused-ring (bicyclic) bond motifs is 1. The monoisotopic (exact) mass is 374 g/mol. The van der Waals surface area contributed by atoms with Gasteiger partial charge in [0, 0.05) is 6.54 Å². The number of nitrogens with two attached hydrogens (primary N) is 1. The average Bonchev–Trinajstić information content (AvgIpc) is 2.53. The third-order valence-corrected chi connectivity index (χ3v) is 4.04. The van der Waals surface area contributed by atoms with Crippen LogP contribution in [0.4, 0.5) is 18.9 Å². The molecule has 2 atom stereocenters. The summed E-state index contributed by atoms with van der Waals surface area (Å²) in [5.41, 5.74) is 7.25. The first-order valence-electron chi connectivity index (χ1n) is 7.95. The first kappa shape index (κ1) is 19.5. The maximum Gasteiger partial charge on any atom is 0.441 e. The van der Waals surface area contributed by atoms with Crippen LogP contribution in [-0.2, 0) is 6.54 Å². The van der Waals surface area contributed by atoms with Gasteiger partial charge in [-0.15, -0.1) is 0 Å². The van der Waals surface area contributed by atoms with Crippen LogP contribution < -0.4 is 21.1 Å². The summed E-state index contributed by atoms with van der Waals surface area (Å²) in [6.07, 6.45) is -4.16. The molecule has 0 spiro atoms. The molecule has 1 aromatic carbocycles. The van der Waals surface area contributed by atoms with Crippen molar-refractivity contribution < 1.29 is 17.9 Å². The summed E-state index contributed by atoms with van der Waals surface area (Å²) in [6.45, 7) is 4.06. The summed E-state index contributed by atoms with van der Waals surface area (Å²) >= 11 is 4.39. The fourth-order valence-electron chi connectivity index (χ4n) is 2.34. The summed E-state index contributed by atoms with van der Waals surface area (Å²) in [4.78, 5) is 3.17. The molecular weight excluding hydrogens is 353 g/mol. The Hall–Kier alpha value is -1.87. The molecule has 0 saturated carbocycles. The molecule has 2 rings (SSSR count). The van der Waals surface area contributed by atoms with Crippen LogP contribution in [0.1, 0.15) is 32.3 Å². The van der Waals surface area contributed by atoms with Crippen LogP contribution in [0.2, 0.25) is 0 Å². The van der Waals surface area contributed by atoms with Crippen LogP contribution in [-0.4, -0.2) is 29.3 Å². The highest BCUT2D eigenvalue weighted by Gasteiger charge is 2.35. The zero-order valence-corrected chi connectivity index (χ0v) is 14.8. The molecule has 0 fully saturated rings. The van der Waals surface area contributed by atoms with E-state index in [9.17, 15) is 13.2 Å². The third-order valence-electron chi connectivity index (χ3n) is 3.69. The molecule has 25 heavy (non-hydrogen) atoms. The maximum absolute atomic E-state index is 12.6. The molecular formula is C16H21F3N4OS. The third kappa shape index (κ3) is 5.30. The lowest BCUT2D eigenvalue weighted by Gasteiger charge is -2.23. The molecule has 1 aromatic rings. The van der Waals surface area contributed by atoms with Gasteiger partial charge in [0.2, 0.25) is 0 Å². The molecule has 138 valence electrons. The Morgan fingerprint density at radius 3 is 2.80 bits per heavy atom. The molecule has 2 unspecified atom stereocenters. The van der Waals surface area contributed by atoms with Gasteiger partial charge in [-0.05, 0) is 31.0 Å². The number of halogens is 3. The van der Waals surface area contributed by atoms with Gasteiger partial charge in [0.25, 0.3) is 0 Å². The van der Waals surface area contributed by atoms with Crippen molar-refractivity contribution >= 4 is 28.7 Å². The number of nitrogens with one attached hydrogen (secondary N) is 2. The van der Waals surface area contributed by atoms with E-state index in [-0.39, 0.29) is 6.10 Å². The lowest BCUT2D eigenvalue weighted by molar-refractivity contribution is -0.0599. The predicted molar refractivity (Wildman–Crippen MR) is 95.1 cm³/mol. The standard InChI is InChI=1S/C16H21F3N4OS/c1-3-4-13(23-15(25)16(17,18)19)21-8-10-5-6-12-11(7-10)22-14(20)9(2)24-12/h5-7,9,13,21H,3-4,8H2,1-2H3,(H2,20,22)(H,23,25). The van der Waals surface area contributed by atoms with Crippen molar-refractivity contribution in [1.82, 2.24) is 10.6 Å². The van der Waals surface area contributed by atoms with Crippen LogP contribution in [0.15, 0.2) is 23.2 Å². The van der Waals surface area contributed by atoms with E-state index in [1.807, 2.05) is 19.9 Å². The van der Waals surface area contributed by atoms with Crippen molar-refractivity contribution in [2.45, 2.75) is 51.7 Å². The highest BCUT2D eigenvalue weighted by Crippen LogP contribution is 2.32. The van der Waals surface area contributed by atoms with E-state index in [2.05, 4.69) is 27.8 Å². The number of nitrogens with zero attached hydrogens (tertiary/aromatic N) is 1. The van der Waals surface area contributed by atoms with Gasteiger partial charge in [-0.3, -0.25) is 5.32 Å². The van der Waals surface area contributed by atoms with Gasteiger partial charge in [0.15, 0.2) is 11.1 Å². The van der Waals surface area contributed by atoms with E-state index < -0.39 is 17.3 Å². The number of hydrogen-bond acceptors (Lipinski definition) is 5. The molecule has 1 aliphatic heterocycles. The zero-order valence-electron chi connectivity index (χ0n) is 14.0. The Morgan fingerprint density at radius 2 is 2.16 bits per heavy atom. The Bertz CT molecular complexity index is 663. The van der Waals surface area contributed by atoms with Crippen molar-refractivity contribution in [3.8, 4) is 5.75 Å². The second-order valence-electron chi connectivity index (χ2n) is 5.79. The van der Waals surface area contributed by atoms with Gasteiger partial charge >= 0.3 is 6.18 Å². The first-order chi connectivity index (χ1) is 11.7. The fraction of sp³-hybridized carbons (Fsp3) is 0.500. The zero-order chi connectivity index (χ0) is 18.6. The van der Waals surface area contributed by atoms with E-state index in [0.717, 1.165) is 5.56 Å². The molecule has 1 heterocycles. The molecule has 0 aromatic heterocycles. The minimum Gasteiger partial charge on any atom is -0.481 e. The van der Waals surface area contributed by atoms with Gasteiger partial charge in [-0.1, -0.05) is 31.6 Å². The molecule has 4 N–H and O–H groups in total. The van der Waals surface area contributed by atoms with Crippen LogP contribution in [0.3, 0.4) is 0 Å². The lowest BCUT2D eigenvalue weighted by atomic mass is 10.1. The van der Waals surface area contributed by atoms with Gasteiger partial charge in [0.05, 0.1) is 6.17 Å². The van der Waals surface area contributed by atoms with Crippen LogP contribution in [0.5, 0.6) is 5.75 Å². The van der Waals surface area contributed by atoms with Gasteiger partial charge < -0.3 is 15.8 Å². The number of hydrogen-bond donors (Lipinski definition) is 3. The van der Waals surface area contributed by atoms with Gasteiger partial charge in [0.1, 0.15) is 17.3 Å². The summed E-state index contributed by atoms with van der Waals surface area (Å²) in [5, 5.41) is 5.37. The van der Waals surface area contributed by atoms with Gasteiger partial charge in [-0.2, -0.15) is 13.2 Å². The Kier molecular flexibility index (Phi) is 6.23. The predicted octanol–water partition coefficient (Wildman–Crippen LogP) is 3.15. The largest absolute Gasteiger partial charge is 0.481 e. The Morgan fingerprint density at radius 1 is 1.44 bits per heavy atom. The van der Waals surface area contributed by atoms with E-state index in [1.165, 1.54) is 0 Å². The second-order valence-corrected chi connectivity index (χ2v) is 6.20. The molecule has 0 saturated heterocycles. The van der Waals surface area contributed by atoms with E-state index in [1.54, 1.807) is 12.1 Å². The number of ether oxygens (including phenoxy) is 1. The number of thiocarbonyl (C=S) groups is 1. The Labute approximate surface area is 149 Å². The first-order valence-corrected chi connectivity index (χ1v) is 8.36. The molecule has 5 nitrogen and oxygen atoms in total. The van der Waals surface area contributed by atoms with Crippen molar-refractivity contribution in [2.75, 3.05) is 0 Å². The van der Waals surface area contributed by atoms with Crippen LogP contribution in [0.25, 0.3) is 0 Å². The van der Waals surface area contributed by atoms with Crippen molar-refractivity contribution in [1.29, 1.82) is 0 Å². The lowest BCUT2D eigenvalue weighted by Crippen LogP contribution is -2.48. The van der Waals surface area contributed by atoms with Crippen molar-refractivity contribution in [2.24, 2.45) is 10.7 Å². The summed E-state index contributed by atoms with van der Waals surface area (Å²) in [5.74, 6) is 1.02. The van der Waals surface area contributed by atoms with Crippen molar-refractivity contribution in [3.05, 3.63) is 23.8 Å². The average molecular weight is 374 g/mol. The molecule has 0 amide bonds. The summed E-state index contributed by atoms with van der Waals surface area (Å²) < 4.78 is 43.4. The summed E-state index contributed by atoms with van der Waals surface area (Å²) in [6, 6.07) is 5.41. The number of benzene rings is 1. The van der Waals surface area contributed by atoms with Crippen molar-refractivity contribution in [3.63, 3.8) is 0 Å². The second kappa shape index (κ2) is 8.01. The highest BCUT2D eigenvalue weighted by atomic mass is 32.1. The number of alkyl halides is 3. The van der Waals surface area contributed by atoms with E-state index in [4.69, 9.17) is 10.5 Å². The smallest absolute Gasteiger partial charge is 0.441 e. The van der Waals surface area contributed by atoms with Crippen LogP contribution >= 0.6 is 12.2 Å². The van der Waals surface area contributed by atoms with E-state index in [0.29, 0.717) is 36.7 Å². The SMILES string of the molecule is CCCC(NCc1ccc2c(c1)N=C(N)C(C)O2)NC(=S)C(F)(F)F. The van der Waals surface area contributed by atoms with Gasteiger partial charge in [-0.25, -0.2) is 4.99 Å². The number of aliphatic imine (C=N–C) groups is 1. The summed E-state index contributed by atoms with van der Waals surface area (Å²) in [7, 11) is 0. The fourth-order valence-corrected chi connectivity index (χ4v) is 2.48. The Balaban J connectivity index is 2.02. The minimum absolute atomic E-state index is 0.280. The normalized spacial score (nSPS) is 18.0. The van der Waals surface area contributed by atoms with E-state index >= 15 is 0 Å². The topological polar surface area (TPSA) is 71.7 Å². The maximum atomic E-state index is 12.6. The molecule has 9 heteroatoms. The minimum atomic E-state index is -4.53. The molecule has 0 radical (unpaired) electrons. The molecule has 0 bridgehead atoms. The van der Waals surface area contributed by atoms with Crippen LogP contribution in [0, 0.1) is 0 Å². The molecule has 0 aliphatic carbocycles. The number of rotatable bonds is 6.